The Balaban J connectivity index is 1.88. The Bertz CT molecular complexity index is 876. The van der Waals surface area contributed by atoms with E-state index >= 15 is 0 Å². The second kappa shape index (κ2) is 9.46. The average molecular weight is 397 g/mol. The van der Waals surface area contributed by atoms with Gasteiger partial charge < -0.3 is 14.8 Å². The summed E-state index contributed by atoms with van der Waals surface area (Å²) in [5.74, 6) is 1.22. The fourth-order valence-corrected chi connectivity index (χ4v) is 3.85. The van der Waals surface area contributed by atoms with E-state index in [1.54, 1.807) is 25.8 Å². The van der Waals surface area contributed by atoms with Crippen LogP contribution in [-0.4, -0.2) is 24.9 Å². The highest BCUT2D eigenvalue weighted by Crippen LogP contribution is 2.34. The van der Waals surface area contributed by atoms with Gasteiger partial charge in [-0.1, -0.05) is 54.2 Å². The largest absolute Gasteiger partial charge is 0.497 e. The first-order valence-corrected chi connectivity index (χ1v) is 10.1. The minimum absolute atomic E-state index is 0.324. The topological polar surface area (TPSA) is 59.9 Å². The van der Waals surface area contributed by atoms with Gasteiger partial charge in [0.05, 0.1) is 19.3 Å². The summed E-state index contributed by atoms with van der Waals surface area (Å²) in [5, 5.41) is 4.05. The first-order valence-electron chi connectivity index (χ1n) is 9.15. The predicted molar refractivity (Wildman–Crippen MR) is 113 cm³/mol. The van der Waals surface area contributed by atoms with Crippen molar-refractivity contribution in [2.45, 2.75) is 25.6 Å². The number of nitrogens with zero attached hydrogens (tertiary/aromatic N) is 1. The van der Waals surface area contributed by atoms with Gasteiger partial charge in [0.15, 0.2) is 5.17 Å². The molecular formula is C22H24N2O3S. The van der Waals surface area contributed by atoms with E-state index in [4.69, 9.17) is 14.5 Å². The number of thioether (sulfide) groups is 1. The van der Waals surface area contributed by atoms with Gasteiger partial charge in [-0.05, 0) is 37.1 Å². The Morgan fingerprint density at radius 2 is 1.86 bits per heavy atom. The molecule has 1 N–H and O–H groups in total. The molecule has 6 heteroatoms. The molecule has 0 fully saturated rings. The number of allylic oxidation sites excluding steroid dienone is 1. The van der Waals surface area contributed by atoms with Gasteiger partial charge in [0.2, 0.25) is 0 Å². The molecule has 0 saturated carbocycles. The molecule has 1 aliphatic heterocycles. The number of carbonyl (C=O) groups excluding carboxylic acids is 1. The van der Waals surface area contributed by atoms with Gasteiger partial charge in [-0.15, -0.1) is 0 Å². The van der Waals surface area contributed by atoms with Crippen LogP contribution in [0.15, 0.2) is 70.9 Å². The molecular weight excluding hydrogens is 372 g/mol. The van der Waals surface area contributed by atoms with Crippen molar-refractivity contribution in [2.75, 3.05) is 13.7 Å². The zero-order valence-corrected chi connectivity index (χ0v) is 17.1. The van der Waals surface area contributed by atoms with Crippen molar-refractivity contribution in [2.24, 2.45) is 4.99 Å². The number of amidine groups is 1. The summed E-state index contributed by atoms with van der Waals surface area (Å²) >= 11 is 1.62. The van der Waals surface area contributed by atoms with Crippen molar-refractivity contribution in [3.05, 3.63) is 77.0 Å². The van der Waals surface area contributed by atoms with Crippen LogP contribution in [0.4, 0.5) is 0 Å². The number of hydrogen-bond donors (Lipinski definition) is 1. The zero-order valence-electron chi connectivity index (χ0n) is 16.3. The molecule has 1 aliphatic rings. The van der Waals surface area contributed by atoms with Gasteiger partial charge >= 0.3 is 5.97 Å². The number of carbonyl (C=O) groups is 1. The van der Waals surface area contributed by atoms with E-state index < -0.39 is 6.04 Å². The van der Waals surface area contributed by atoms with Crippen LogP contribution in [0.5, 0.6) is 5.75 Å². The number of methoxy groups -OCH3 is 1. The van der Waals surface area contributed by atoms with Crippen molar-refractivity contribution < 1.29 is 14.3 Å². The molecule has 0 radical (unpaired) electrons. The molecule has 1 atom stereocenters. The van der Waals surface area contributed by atoms with Crippen molar-refractivity contribution >= 4 is 22.9 Å². The molecule has 2 aromatic rings. The Kier molecular flexibility index (Phi) is 6.76. The second-order valence-corrected chi connectivity index (χ2v) is 7.23. The van der Waals surface area contributed by atoms with Gasteiger partial charge in [-0.2, -0.15) is 0 Å². The minimum atomic E-state index is -0.413. The molecule has 0 aromatic heterocycles. The molecule has 0 amide bonds. The monoisotopic (exact) mass is 396 g/mol. The lowest BCUT2D eigenvalue weighted by Crippen LogP contribution is -2.30. The van der Waals surface area contributed by atoms with E-state index in [9.17, 15) is 4.79 Å². The van der Waals surface area contributed by atoms with E-state index in [1.165, 1.54) is 5.56 Å². The number of benzene rings is 2. The molecule has 3 rings (SSSR count). The lowest BCUT2D eigenvalue weighted by Gasteiger charge is -2.26. The summed E-state index contributed by atoms with van der Waals surface area (Å²) in [5.41, 5.74) is 3.44. The van der Waals surface area contributed by atoms with Crippen LogP contribution in [0.3, 0.4) is 0 Å². The molecule has 5 nitrogen and oxygen atoms in total. The number of rotatable bonds is 6. The fourth-order valence-electron chi connectivity index (χ4n) is 2.95. The highest BCUT2D eigenvalue weighted by atomic mass is 32.2. The highest BCUT2D eigenvalue weighted by Gasteiger charge is 2.30. The summed E-state index contributed by atoms with van der Waals surface area (Å²) in [7, 11) is 1.63. The maximum atomic E-state index is 12.6. The Labute approximate surface area is 169 Å². The summed E-state index contributed by atoms with van der Waals surface area (Å²) < 4.78 is 10.5. The summed E-state index contributed by atoms with van der Waals surface area (Å²) in [6, 6.07) is 17.4. The van der Waals surface area contributed by atoms with Gasteiger partial charge in [0, 0.05) is 11.4 Å². The highest BCUT2D eigenvalue weighted by molar-refractivity contribution is 8.13. The lowest BCUT2D eigenvalue weighted by molar-refractivity contribution is -0.138. The van der Waals surface area contributed by atoms with Crippen molar-refractivity contribution in [3.63, 3.8) is 0 Å². The first-order chi connectivity index (χ1) is 13.6. The number of esters is 1. The average Bonchev–Trinajstić information content (AvgIpc) is 2.72. The van der Waals surface area contributed by atoms with Gasteiger partial charge in [-0.25, -0.2) is 9.79 Å². The van der Waals surface area contributed by atoms with Crippen LogP contribution in [0.1, 0.15) is 31.0 Å². The lowest BCUT2D eigenvalue weighted by atomic mass is 9.96. The predicted octanol–water partition coefficient (Wildman–Crippen LogP) is 4.47. The molecule has 2 aromatic carbocycles. The number of hydrogen-bond acceptors (Lipinski definition) is 6. The first kappa shape index (κ1) is 20.0. The molecule has 146 valence electrons. The molecule has 0 bridgehead atoms. The van der Waals surface area contributed by atoms with E-state index in [0.29, 0.717) is 12.2 Å². The van der Waals surface area contributed by atoms with E-state index in [0.717, 1.165) is 27.9 Å². The third kappa shape index (κ3) is 4.75. The smallest absolute Gasteiger partial charge is 0.338 e. The molecule has 0 saturated heterocycles. The summed E-state index contributed by atoms with van der Waals surface area (Å²) in [6.45, 7) is 4.02. The maximum absolute atomic E-state index is 12.6. The van der Waals surface area contributed by atoms with Gasteiger partial charge in [0.25, 0.3) is 0 Å². The normalized spacial score (nSPS) is 16.2. The summed E-state index contributed by atoms with van der Waals surface area (Å²) in [4.78, 5) is 17.4. The van der Waals surface area contributed by atoms with Gasteiger partial charge in [-0.3, -0.25) is 0 Å². The maximum Gasteiger partial charge on any atom is 0.338 e. The SMILES string of the molecule is CCOC(=O)C1=C(C)NC(SCc2ccccc2)=NC1c1ccc(OC)cc1. The van der Waals surface area contributed by atoms with Crippen molar-refractivity contribution in [1.29, 1.82) is 0 Å². The molecule has 0 spiro atoms. The van der Waals surface area contributed by atoms with Crippen LogP contribution < -0.4 is 10.1 Å². The van der Waals surface area contributed by atoms with Crippen LogP contribution in [-0.2, 0) is 15.3 Å². The third-order valence-electron chi connectivity index (χ3n) is 4.36. The summed E-state index contributed by atoms with van der Waals surface area (Å²) in [6.07, 6.45) is 0. The number of nitrogens with one attached hydrogen (secondary N) is 1. The minimum Gasteiger partial charge on any atom is -0.497 e. The van der Waals surface area contributed by atoms with Crippen LogP contribution in [0.2, 0.25) is 0 Å². The fraction of sp³-hybridized carbons (Fsp3) is 0.273. The number of aliphatic imine (C=N–C) groups is 1. The van der Waals surface area contributed by atoms with Crippen molar-refractivity contribution in [1.82, 2.24) is 5.32 Å². The van der Waals surface area contributed by atoms with E-state index in [1.807, 2.05) is 49.4 Å². The zero-order chi connectivity index (χ0) is 19.9. The molecule has 28 heavy (non-hydrogen) atoms. The Morgan fingerprint density at radius 1 is 1.14 bits per heavy atom. The van der Waals surface area contributed by atoms with Crippen LogP contribution in [0, 0.1) is 0 Å². The molecule has 1 unspecified atom stereocenters. The standard InChI is InChI=1S/C22H24N2O3S/c1-4-27-21(25)19-15(2)23-22(28-14-16-8-6-5-7-9-16)24-20(19)17-10-12-18(26-3)13-11-17/h5-13,20H,4,14H2,1-3H3,(H,23,24). The van der Waals surface area contributed by atoms with Crippen molar-refractivity contribution in [3.8, 4) is 5.75 Å². The number of ether oxygens (including phenoxy) is 2. The van der Waals surface area contributed by atoms with Gasteiger partial charge in [0.1, 0.15) is 11.8 Å². The third-order valence-corrected chi connectivity index (χ3v) is 5.32. The quantitative estimate of drug-likeness (QED) is 0.730. The second-order valence-electron chi connectivity index (χ2n) is 6.27. The Hall–Kier alpha value is -2.73. The van der Waals surface area contributed by atoms with Crippen LogP contribution in [0.25, 0.3) is 0 Å². The van der Waals surface area contributed by atoms with E-state index in [-0.39, 0.29) is 5.97 Å². The molecule has 1 heterocycles. The molecule has 0 aliphatic carbocycles. The van der Waals surface area contributed by atoms with E-state index in [2.05, 4.69) is 17.4 Å². The van der Waals surface area contributed by atoms with Crippen LogP contribution >= 0.6 is 11.8 Å². The Morgan fingerprint density at radius 3 is 2.50 bits per heavy atom.